The first-order valence-corrected chi connectivity index (χ1v) is 8.56. The van der Waals surface area contributed by atoms with Gasteiger partial charge in [0.2, 0.25) is 0 Å². The van der Waals surface area contributed by atoms with Crippen LogP contribution < -0.4 is 10.5 Å². The van der Waals surface area contributed by atoms with Crippen LogP contribution >= 0.6 is 11.6 Å². The van der Waals surface area contributed by atoms with Crippen molar-refractivity contribution < 1.29 is 14.3 Å². The van der Waals surface area contributed by atoms with Gasteiger partial charge in [0.15, 0.2) is 0 Å². The smallest absolute Gasteiger partial charge is 0.289 e. The van der Waals surface area contributed by atoms with Crippen LogP contribution in [0.2, 0.25) is 0 Å². The third-order valence-corrected chi connectivity index (χ3v) is 4.10. The van der Waals surface area contributed by atoms with Gasteiger partial charge in [0, 0.05) is 17.6 Å². The van der Waals surface area contributed by atoms with Crippen molar-refractivity contribution in [3.05, 3.63) is 28.6 Å². The number of fused-ring (bicyclic) bond motifs is 1. The van der Waals surface area contributed by atoms with E-state index in [1.54, 1.807) is 10.6 Å². The number of hydrogen-bond acceptors (Lipinski definition) is 4. The number of halogens is 1. The molecule has 2 aromatic heterocycles. The summed E-state index contributed by atoms with van der Waals surface area (Å²) in [7, 11) is 0. The van der Waals surface area contributed by atoms with Crippen molar-refractivity contribution in [3.63, 3.8) is 0 Å². The van der Waals surface area contributed by atoms with Crippen LogP contribution in [0, 0.1) is 6.92 Å². The van der Waals surface area contributed by atoms with Gasteiger partial charge in [-0.25, -0.2) is 4.52 Å². The molecule has 0 fully saturated rings. The Morgan fingerprint density at radius 2 is 2.08 bits per heavy atom. The molecule has 1 amide bonds. The molecule has 0 unspecified atom stereocenters. The Morgan fingerprint density at radius 3 is 2.62 bits per heavy atom. The standard InChI is InChI=1S/C17H22ClN3O3/c1-4-12-11(7-6-8-18)14(16(22)17(19)23)15-13(24-5-2)9-10(3)20-21(12)15/h9H,4-8H2,1-3H3,(H2,19,23). The zero-order valence-electron chi connectivity index (χ0n) is 14.2. The van der Waals surface area contributed by atoms with E-state index in [2.05, 4.69) is 5.10 Å². The lowest BCUT2D eigenvalue weighted by Crippen LogP contribution is -2.24. The molecule has 130 valence electrons. The van der Waals surface area contributed by atoms with Gasteiger partial charge in [-0.05, 0) is 38.7 Å². The van der Waals surface area contributed by atoms with E-state index in [1.165, 1.54) is 0 Å². The Labute approximate surface area is 145 Å². The van der Waals surface area contributed by atoms with Crippen molar-refractivity contribution in [2.45, 2.75) is 40.0 Å². The summed E-state index contributed by atoms with van der Waals surface area (Å²) in [4.78, 5) is 24.1. The van der Waals surface area contributed by atoms with Crippen LogP contribution in [0.5, 0.6) is 5.75 Å². The molecule has 0 saturated carbocycles. The monoisotopic (exact) mass is 351 g/mol. The lowest BCUT2D eigenvalue weighted by atomic mass is 9.99. The average Bonchev–Trinajstić information content (AvgIpc) is 2.85. The molecule has 0 radical (unpaired) electrons. The molecule has 2 aromatic rings. The summed E-state index contributed by atoms with van der Waals surface area (Å²) in [5.74, 6) is -0.713. The predicted octanol–water partition coefficient (Wildman–Crippen LogP) is 2.44. The Morgan fingerprint density at radius 1 is 1.38 bits per heavy atom. The van der Waals surface area contributed by atoms with Crippen molar-refractivity contribution >= 4 is 28.8 Å². The quantitative estimate of drug-likeness (QED) is 0.449. The molecule has 24 heavy (non-hydrogen) atoms. The first-order chi connectivity index (χ1) is 11.5. The number of ether oxygens (including phenoxy) is 1. The number of rotatable bonds is 8. The molecule has 0 atom stereocenters. The lowest BCUT2D eigenvalue weighted by Gasteiger charge is -2.09. The molecule has 7 heteroatoms. The second-order valence-electron chi connectivity index (χ2n) is 5.48. The minimum atomic E-state index is -0.986. The Bertz CT molecular complexity index is 783. The number of nitrogens with two attached hydrogens (primary N) is 1. The van der Waals surface area contributed by atoms with Crippen molar-refractivity contribution in [1.29, 1.82) is 0 Å². The van der Waals surface area contributed by atoms with E-state index in [1.807, 2.05) is 20.8 Å². The Kier molecular flexibility index (Phi) is 5.83. The molecular weight excluding hydrogens is 330 g/mol. The SMILES string of the molecule is CCOc1cc(C)nn2c(CC)c(CCCCl)c(C(=O)C(N)=O)c12. The van der Waals surface area contributed by atoms with E-state index >= 15 is 0 Å². The number of nitrogens with zero attached hydrogens (tertiary/aromatic N) is 2. The Balaban J connectivity index is 2.89. The summed E-state index contributed by atoms with van der Waals surface area (Å²) < 4.78 is 7.41. The van der Waals surface area contributed by atoms with E-state index in [9.17, 15) is 9.59 Å². The van der Waals surface area contributed by atoms with Crippen LogP contribution in [0.25, 0.3) is 5.52 Å². The van der Waals surface area contributed by atoms with Crippen molar-refractivity contribution in [2.24, 2.45) is 5.73 Å². The van der Waals surface area contributed by atoms with Gasteiger partial charge in [0.25, 0.3) is 11.7 Å². The molecule has 0 aliphatic rings. The number of hydrogen-bond donors (Lipinski definition) is 1. The van der Waals surface area contributed by atoms with Crippen LogP contribution in [0.1, 0.15) is 47.6 Å². The number of ketones is 1. The van der Waals surface area contributed by atoms with Gasteiger partial charge >= 0.3 is 0 Å². The first-order valence-electron chi connectivity index (χ1n) is 8.03. The minimum Gasteiger partial charge on any atom is -0.492 e. The Hall–Kier alpha value is -2.08. The maximum Gasteiger partial charge on any atom is 0.289 e. The minimum absolute atomic E-state index is 0.292. The number of aromatic nitrogens is 2. The van der Waals surface area contributed by atoms with Crippen LogP contribution in [0.4, 0.5) is 0 Å². The molecule has 2 rings (SSSR count). The van der Waals surface area contributed by atoms with E-state index in [0.29, 0.717) is 48.6 Å². The average molecular weight is 352 g/mol. The van der Waals surface area contributed by atoms with Crippen molar-refractivity contribution in [2.75, 3.05) is 12.5 Å². The van der Waals surface area contributed by atoms with Gasteiger partial charge < -0.3 is 10.5 Å². The molecule has 6 nitrogen and oxygen atoms in total. The van der Waals surface area contributed by atoms with E-state index < -0.39 is 11.7 Å². The highest BCUT2D eigenvalue weighted by Crippen LogP contribution is 2.32. The maximum atomic E-state index is 12.5. The molecule has 0 bridgehead atoms. The maximum absolute atomic E-state index is 12.5. The summed E-state index contributed by atoms with van der Waals surface area (Å²) in [6, 6.07) is 1.77. The zero-order chi connectivity index (χ0) is 17.9. The fourth-order valence-corrected chi connectivity index (χ4v) is 3.08. The van der Waals surface area contributed by atoms with Gasteiger partial charge in [-0.3, -0.25) is 9.59 Å². The number of alkyl halides is 1. The summed E-state index contributed by atoms with van der Waals surface area (Å²) in [5.41, 5.74) is 8.49. The van der Waals surface area contributed by atoms with Gasteiger partial charge in [0.05, 0.1) is 17.9 Å². The molecular formula is C17H22ClN3O3. The third kappa shape index (κ3) is 3.24. The first kappa shape index (κ1) is 18.3. The second-order valence-corrected chi connectivity index (χ2v) is 5.86. The normalized spacial score (nSPS) is 11.0. The summed E-state index contributed by atoms with van der Waals surface area (Å²) in [6.07, 6.45) is 1.93. The number of Topliss-reactive ketones (excluding diaryl/α,β-unsaturated/α-hetero) is 1. The highest BCUT2D eigenvalue weighted by atomic mass is 35.5. The number of carbonyl (C=O) groups is 2. The fraction of sp³-hybridized carbons (Fsp3) is 0.471. The molecule has 0 aliphatic carbocycles. The highest BCUT2D eigenvalue weighted by Gasteiger charge is 2.28. The number of aryl methyl sites for hydroxylation is 2. The van der Waals surface area contributed by atoms with E-state index in [4.69, 9.17) is 22.1 Å². The summed E-state index contributed by atoms with van der Waals surface area (Å²) >= 11 is 5.82. The summed E-state index contributed by atoms with van der Waals surface area (Å²) in [6.45, 7) is 6.14. The van der Waals surface area contributed by atoms with E-state index in [0.717, 1.165) is 17.0 Å². The van der Waals surface area contributed by atoms with Crippen LogP contribution in [-0.4, -0.2) is 33.8 Å². The number of primary amides is 1. The van der Waals surface area contributed by atoms with Gasteiger partial charge in [-0.15, -0.1) is 11.6 Å². The van der Waals surface area contributed by atoms with Crippen LogP contribution in [0.3, 0.4) is 0 Å². The van der Waals surface area contributed by atoms with Crippen LogP contribution in [0.15, 0.2) is 6.07 Å². The molecule has 2 N–H and O–H groups in total. The van der Waals surface area contributed by atoms with Crippen molar-refractivity contribution in [3.8, 4) is 5.75 Å². The fourth-order valence-electron chi connectivity index (χ4n) is 2.95. The zero-order valence-corrected chi connectivity index (χ0v) is 14.9. The van der Waals surface area contributed by atoms with Gasteiger partial charge in [0.1, 0.15) is 11.3 Å². The second kappa shape index (κ2) is 7.66. The topological polar surface area (TPSA) is 86.7 Å². The number of amides is 1. The molecule has 0 aliphatic heterocycles. The lowest BCUT2D eigenvalue weighted by molar-refractivity contribution is -0.114. The van der Waals surface area contributed by atoms with Crippen LogP contribution in [-0.2, 0) is 17.6 Å². The summed E-state index contributed by atoms with van der Waals surface area (Å²) in [5, 5.41) is 4.52. The largest absolute Gasteiger partial charge is 0.492 e. The van der Waals surface area contributed by atoms with Gasteiger partial charge in [-0.1, -0.05) is 6.92 Å². The predicted molar refractivity (Wildman–Crippen MR) is 93.0 cm³/mol. The third-order valence-electron chi connectivity index (χ3n) is 3.83. The molecule has 0 spiro atoms. The van der Waals surface area contributed by atoms with Crippen molar-refractivity contribution in [1.82, 2.24) is 9.61 Å². The highest BCUT2D eigenvalue weighted by molar-refractivity contribution is 6.44. The number of carbonyl (C=O) groups excluding carboxylic acids is 2. The molecule has 2 heterocycles. The van der Waals surface area contributed by atoms with E-state index in [-0.39, 0.29) is 0 Å². The van der Waals surface area contributed by atoms with Gasteiger partial charge in [-0.2, -0.15) is 5.10 Å². The molecule has 0 saturated heterocycles. The molecule has 0 aromatic carbocycles.